The van der Waals surface area contributed by atoms with E-state index < -0.39 is 11.7 Å². The van der Waals surface area contributed by atoms with Crippen LogP contribution in [0, 0.1) is 11.2 Å². The lowest BCUT2D eigenvalue weighted by molar-refractivity contribution is 0.0917. The minimum Gasteiger partial charge on any atom is -0.351 e. The number of hydrogen-bond donors (Lipinski definition) is 1. The Bertz CT molecular complexity index is 467. The first-order valence-electron chi connectivity index (χ1n) is 6.86. The molecule has 1 aromatic rings. The normalized spacial score (nSPS) is 17.8. The second-order valence-electron chi connectivity index (χ2n) is 5.47. The molecule has 0 atom stereocenters. The van der Waals surface area contributed by atoms with E-state index in [0.717, 1.165) is 25.7 Å². The van der Waals surface area contributed by atoms with E-state index in [1.54, 1.807) is 0 Å². The monoisotopic (exact) mass is 317 g/mol. The van der Waals surface area contributed by atoms with Gasteiger partial charge in [-0.2, -0.15) is 0 Å². The van der Waals surface area contributed by atoms with Crippen molar-refractivity contribution in [3.05, 3.63) is 34.6 Å². The smallest absolute Gasteiger partial charge is 0.255 e. The van der Waals surface area contributed by atoms with Crippen molar-refractivity contribution in [1.29, 1.82) is 0 Å². The third kappa shape index (κ3) is 3.44. The van der Waals surface area contributed by atoms with E-state index in [0.29, 0.717) is 12.4 Å². The maximum Gasteiger partial charge on any atom is 0.255 e. The van der Waals surface area contributed by atoms with E-state index >= 15 is 0 Å². The predicted molar refractivity (Wildman–Crippen MR) is 80.0 cm³/mol. The van der Waals surface area contributed by atoms with Crippen molar-refractivity contribution >= 4 is 29.1 Å². The van der Waals surface area contributed by atoms with Gasteiger partial charge in [-0.3, -0.25) is 4.79 Å². The zero-order chi connectivity index (χ0) is 14.6. The molecule has 1 aliphatic carbocycles. The zero-order valence-electron chi connectivity index (χ0n) is 11.2. The highest BCUT2D eigenvalue weighted by Crippen LogP contribution is 2.36. The van der Waals surface area contributed by atoms with Crippen LogP contribution in [0.15, 0.2) is 18.2 Å². The summed E-state index contributed by atoms with van der Waals surface area (Å²) in [4.78, 5) is 12.1. The summed E-state index contributed by atoms with van der Waals surface area (Å²) in [6.07, 6.45) is 5.47. The number of hydrogen-bond acceptors (Lipinski definition) is 1. The first-order valence-corrected chi connectivity index (χ1v) is 7.77. The van der Waals surface area contributed by atoms with Gasteiger partial charge in [0.05, 0.1) is 10.6 Å². The molecule has 1 N–H and O–H groups in total. The van der Waals surface area contributed by atoms with E-state index in [1.165, 1.54) is 24.6 Å². The van der Waals surface area contributed by atoms with Gasteiger partial charge in [0.25, 0.3) is 5.91 Å². The van der Waals surface area contributed by atoms with Gasteiger partial charge in [-0.05, 0) is 25.0 Å². The van der Waals surface area contributed by atoms with E-state index in [4.69, 9.17) is 23.2 Å². The lowest BCUT2D eigenvalue weighted by Gasteiger charge is -2.35. The zero-order valence-corrected chi connectivity index (χ0v) is 12.7. The molecule has 0 saturated heterocycles. The molecule has 0 unspecified atom stereocenters. The van der Waals surface area contributed by atoms with E-state index in [2.05, 4.69) is 5.32 Å². The Labute approximate surface area is 128 Å². The molecule has 0 spiro atoms. The Balaban J connectivity index is 2.04. The molecule has 0 aliphatic heterocycles. The van der Waals surface area contributed by atoms with Crippen LogP contribution in [0.1, 0.15) is 42.5 Å². The highest BCUT2D eigenvalue weighted by molar-refractivity contribution is 6.33. The van der Waals surface area contributed by atoms with Crippen molar-refractivity contribution in [2.75, 3.05) is 12.4 Å². The lowest BCUT2D eigenvalue weighted by atomic mass is 9.75. The van der Waals surface area contributed by atoms with Crippen LogP contribution in [0.3, 0.4) is 0 Å². The summed E-state index contributed by atoms with van der Waals surface area (Å²) in [7, 11) is 0. The number of carbonyl (C=O) groups is 1. The van der Waals surface area contributed by atoms with Crippen molar-refractivity contribution in [3.63, 3.8) is 0 Å². The van der Waals surface area contributed by atoms with Crippen molar-refractivity contribution < 1.29 is 9.18 Å². The quantitative estimate of drug-likeness (QED) is 0.819. The Kier molecular flexibility index (Phi) is 5.28. The summed E-state index contributed by atoms with van der Waals surface area (Å²) in [5, 5.41) is 2.92. The number of amides is 1. The highest BCUT2D eigenvalue weighted by Gasteiger charge is 2.32. The average molecular weight is 318 g/mol. The maximum absolute atomic E-state index is 13.7. The molecule has 1 aliphatic rings. The molecule has 1 amide bonds. The average Bonchev–Trinajstić information content (AvgIpc) is 2.46. The van der Waals surface area contributed by atoms with Crippen LogP contribution in [0.2, 0.25) is 5.02 Å². The molecule has 2 rings (SSSR count). The van der Waals surface area contributed by atoms with E-state index in [1.807, 2.05) is 0 Å². The third-order valence-corrected chi connectivity index (χ3v) is 4.89. The van der Waals surface area contributed by atoms with Crippen molar-refractivity contribution in [1.82, 2.24) is 5.32 Å². The Morgan fingerprint density at radius 1 is 1.30 bits per heavy atom. The summed E-state index contributed by atoms with van der Waals surface area (Å²) < 4.78 is 13.7. The largest absolute Gasteiger partial charge is 0.351 e. The van der Waals surface area contributed by atoms with Gasteiger partial charge < -0.3 is 5.32 Å². The molecule has 5 heteroatoms. The number of carbonyl (C=O) groups excluding carboxylic acids is 1. The molecular formula is C15H18Cl2FNO. The van der Waals surface area contributed by atoms with Gasteiger partial charge in [0.1, 0.15) is 5.82 Å². The SMILES string of the molecule is O=C(NCC1(CCl)CCCCC1)c1c(F)cccc1Cl. The Hall–Kier alpha value is -0.800. The standard InChI is InChI=1S/C15H18Cl2FNO/c16-9-15(7-2-1-3-8-15)10-19-14(20)13-11(17)5-4-6-12(13)18/h4-6H,1-3,7-10H2,(H,19,20). The van der Waals surface area contributed by atoms with Crippen LogP contribution in [-0.4, -0.2) is 18.3 Å². The van der Waals surface area contributed by atoms with Crippen LogP contribution in [0.4, 0.5) is 4.39 Å². The van der Waals surface area contributed by atoms with Crippen LogP contribution >= 0.6 is 23.2 Å². The summed E-state index contributed by atoms with van der Waals surface area (Å²) in [6, 6.07) is 4.23. The molecule has 0 aromatic heterocycles. The van der Waals surface area contributed by atoms with E-state index in [-0.39, 0.29) is 16.0 Å². The van der Waals surface area contributed by atoms with Crippen LogP contribution in [0.25, 0.3) is 0 Å². The first-order chi connectivity index (χ1) is 9.58. The fraction of sp³-hybridized carbons (Fsp3) is 0.533. The number of rotatable bonds is 4. The molecule has 2 nitrogen and oxygen atoms in total. The summed E-state index contributed by atoms with van der Waals surface area (Å²) in [5.41, 5.74) is -0.151. The molecule has 0 heterocycles. The highest BCUT2D eigenvalue weighted by atomic mass is 35.5. The first kappa shape index (κ1) is 15.6. The van der Waals surface area contributed by atoms with Gasteiger partial charge in [-0.25, -0.2) is 4.39 Å². The van der Waals surface area contributed by atoms with Crippen molar-refractivity contribution in [2.24, 2.45) is 5.41 Å². The molecule has 0 radical (unpaired) electrons. The maximum atomic E-state index is 13.7. The van der Waals surface area contributed by atoms with Crippen LogP contribution < -0.4 is 5.32 Å². The molecular weight excluding hydrogens is 300 g/mol. The lowest BCUT2D eigenvalue weighted by Crippen LogP contribution is -2.40. The fourth-order valence-electron chi connectivity index (χ4n) is 2.73. The topological polar surface area (TPSA) is 29.1 Å². The predicted octanol–water partition coefficient (Wildman–Crippen LogP) is 4.40. The van der Waals surface area contributed by atoms with Crippen LogP contribution in [-0.2, 0) is 0 Å². The van der Waals surface area contributed by atoms with Gasteiger partial charge in [-0.1, -0.05) is 36.9 Å². The minimum atomic E-state index is -0.599. The van der Waals surface area contributed by atoms with Gasteiger partial charge >= 0.3 is 0 Å². The van der Waals surface area contributed by atoms with Crippen molar-refractivity contribution in [3.8, 4) is 0 Å². The third-order valence-electron chi connectivity index (χ3n) is 4.01. The second-order valence-corrected chi connectivity index (χ2v) is 6.15. The van der Waals surface area contributed by atoms with Crippen molar-refractivity contribution in [2.45, 2.75) is 32.1 Å². The van der Waals surface area contributed by atoms with Gasteiger partial charge in [-0.15, -0.1) is 11.6 Å². The Morgan fingerprint density at radius 2 is 2.00 bits per heavy atom. The number of alkyl halides is 1. The molecule has 0 bridgehead atoms. The van der Waals surface area contributed by atoms with Gasteiger partial charge in [0.15, 0.2) is 0 Å². The minimum absolute atomic E-state index is 0.0623. The molecule has 1 aromatic carbocycles. The molecule has 1 fully saturated rings. The number of halogens is 3. The van der Waals surface area contributed by atoms with E-state index in [9.17, 15) is 9.18 Å². The second kappa shape index (κ2) is 6.77. The fourth-order valence-corrected chi connectivity index (χ4v) is 3.34. The molecule has 20 heavy (non-hydrogen) atoms. The summed E-state index contributed by atoms with van der Waals surface area (Å²) in [5.74, 6) is -0.556. The Morgan fingerprint density at radius 3 is 2.60 bits per heavy atom. The molecule has 1 saturated carbocycles. The van der Waals surface area contributed by atoms with Gasteiger partial charge in [0.2, 0.25) is 0 Å². The van der Waals surface area contributed by atoms with Crippen LogP contribution in [0.5, 0.6) is 0 Å². The van der Waals surface area contributed by atoms with Gasteiger partial charge in [0, 0.05) is 17.8 Å². The number of benzene rings is 1. The molecule has 110 valence electrons. The summed E-state index contributed by atoms with van der Waals surface area (Å²) >= 11 is 12.0. The summed E-state index contributed by atoms with van der Waals surface area (Å²) in [6.45, 7) is 0.472. The number of nitrogens with one attached hydrogen (secondary N) is 1.